The van der Waals surface area contributed by atoms with Crippen LogP contribution in [0.25, 0.3) is 0 Å². The lowest BCUT2D eigenvalue weighted by molar-refractivity contribution is 0.265. The van der Waals surface area contributed by atoms with E-state index in [0.29, 0.717) is 6.04 Å². The van der Waals surface area contributed by atoms with Crippen molar-refractivity contribution >= 4 is 15.9 Å². The van der Waals surface area contributed by atoms with Gasteiger partial charge in [-0.25, -0.2) is 0 Å². The molecule has 0 aliphatic carbocycles. The van der Waals surface area contributed by atoms with Crippen LogP contribution in [0.4, 0.5) is 0 Å². The summed E-state index contributed by atoms with van der Waals surface area (Å²) in [5.41, 5.74) is 2.76. The van der Waals surface area contributed by atoms with Crippen molar-refractivity contribution < 1.29 is 0 Å². The standard InChI is InChI=1S/C12H18BrN/c1-9(2)14(4)8-11-7-12(13)6-5-10(11)3/h5-7,9H,8H2,1-4H3. The molecule has 0 aromatic heterocycles. The number of hydrogen-bond acceptors (Lipinski definition) is 1. The predicted octanol–water partition coefficient (Wildman–Crippen LogP) is 3.60. The molecule has 1 nitrogen and oxygen atoms in total. The van der Waals surface area contributed by atoms with E-state index in [9.17, 15) is 0 Å². The average Bonchev–Trinajstić information content (AvgIpc) is 2.11. The first kappa shape index (κ1) is 11.7. The van der Waals surface area contributed by atoms with Crippen molar-refractivity contribution in [2.24, 2.45) is 0 Å². The molecule has 0 aliphatic rings. The van der Waals surface area contributed by atoms with Crippen LogP contribution in [0.2, 0.25) is 0 Å². The summed E-state index contributed by atoms with van der Waals surface area (Å²) in [6.07, 6.45) is 0. The van der Waals surface area contributed by atoms with Gasteiger partial charge in [-0.2, -0.15) is 0 Å². The minimum atomic E-state index is 0.591. The summed E-state index contributed by atoms with van der Waals surface area (Å²) in [5, 5.41) is 0. The summed E-state index contributed by atoms with van der Waals surface area (Å²) in [4.78, 5) is 2.34. The van der Waals surface area contributed by atoms with Gasteiger partial charge < -0.3 is 0 Å². The monoisotopic (exact) mass is 255 g/mol. The van der Waals surface area contributed by atoms with Crippen LogP contribution in [0.3, 0.4) is 0 Å². The zero-order chi connectivity index (χ0) is 10.7. The Labute approximate surface area is 95.2 Å². The molecule has 0 N–H and O–H groups in total. The summed E-state index contributed by atoms with van der Waals surface area (Å²) in [5.74, 6) is 0. The van der Waals surface area contributed by atoms with Gasteiger partial charge in [0.2, 0.25) is 0 Å². The van der Waals surface area contributed by atoms with Crippen molar-refractivity contribution in [2.45, 2.75) is 33.4 Å². The summed E-state index contributed by atoms with van der Waals surface area (Å²) in [7, 11) is 2.16. The van der Waals surface area contributed by atoms with Crippen LogP contribution in [0.1, 0.15) is 25.0 Å². The van der Waals surface area contributed by atoms with Crippen LogP contribution in [0, 0.1) is 6.92 Å². The molecule has 0 aliphatic heterocycles. The molecule has 0 unspecified atom stereocenters. The third-order valence-corrected chi connectivity index (χ3v) is 3.11. The third kappa shape index (κ3) is 3.10. The third-order valence-electron chi connectivity index (χ3n) is 2.61. The molecule has 0 saturated carbocycles. The topological polar surface area (TPSA) is 3.24 Å². The van der Waals surface area contributed by atoms with Crippen molar-refractivity contribution in [1.82, 2.24) is 4.90 Å². The molecule has 0 bridgehead atoms. The van der Waals surface area contributed by atoms with Gasteiger partial charge in [-0.15, -0.1) is 0 Å². The van der Waals surface area contributed by atoms with E-state index in [1.165, 1.54) is 11.1 Å². The Morgan fingerprint density at radius 1 is 1.36 bits per heavy atom. The fraction of sp³-hybridized carbons (Fsp3) is 0.500. The quantitative estimate of drug-likeness (QED) is 0.798. The largest absolute Gasteiger partial charge is 0.300 e. The molecule has 0 fully saturated rings. The van der Waals surface area contributed by atoms with Gasteiger partial charge >= 0.3 is 0 Å². The summed E-state index contributed by atoms with van der Waals surface area (Å²) in [6, 6.07) is 7.05. The van der Waals surface area contributed by atoms with E-state index in [0.717, 1.165) is 11.0 Å². The zero-order valence-corrected chi connectivity index (χ0v) is 10.9. The highest BCUT2D eigenvalue weighted by molar-refractivity contribution is 9.10. The summed E-state index contributed by atoms with van der Waals surface area (Å²) < 4.78 is 1.16. The summed E-state index contributed by atoms with van der Waals surface area (Å²) >= 11 is 3.50. The molecule has 2 heteroatoms. The highest BCUT2D eigenvalue weighted by Crippen LogP contribution is 2.17. The molecule has 14 heavy (non-hydrogen) atoms. The molecule has 1 rings (SSSR count). The first-order valence-electron chi connectivity index (χ1n) is 4.96. The van der Waals surface area contributed by atoms with Crippen molar-refractivity contribution in [3.63, 3.8) is 0 Å². The maximum atomic E-state index is 3.50. The van der Waals surface area contributed by atoms with Gasteiger partial charge in [0.15, 0.2) is 0 Å². The number of nitrogens with zero attached hydrogens (tertiary/aromatic N) is 1. The molecule has 1 aromatic carbocycles. The second-order valence-corrected chi connectivity index (χ2v) is 5.00. The van der Waals surface area contributed by atoms with Gasteiger partial charge in [-0.3, -0.25) is 4.90 Å². The molecule has 78 valence electrons. The lowest BCUT2D eigenvalue weighted by atomic mass is 10.1. The molecule has 0 amide bonds. The number of benzene rings is 1. The Hall–Kier alpha value is -0.340. The number of halogens is 1. The van der Waals surface area contributed by atoms with E-state index in [1.807, 2.05) is 0 Å². The van der Waals surface area contributed by atoms with E-state index in [4.69, 9.17) is 0 Å². The molecule has 1 aromatic rings. The SMILES string of the molecule is Cc1ccc(Br)cc1CN(C)C(C)C. The lowest BCUT2D eigenvalue weighted by Gasteiger charge is -2.22. The second kappa shape index (κ2) is 4.94. The van der Waals surface area contributed by atoms with Crippen molar-refractivity contribution in [1.29, 1.82) is 0 Å². The highest BCUT2D eigenvalue weighted by atomic mass is 79.9. The minimum Gasteiger partial charge on any atom is -0.300 e. The van der Waals surface area contributed by atoms with Crippen LogP contribution < -0.4 is 0 Å². The Balaban J connectivity index is 2.80. The molecular weight excluding hydrogens is 238 g/mol. The predicted molar refractivity (Wildman–Crippen MR) is 65.5 cm³/mol. The fourth-order valence-electron chi connectivity index (χ4n) is 1.26. The molecular formula is C12H18BrN. The Morgan fingerprint density at radius 2 is 2.00 bits per heavy atom. The lowest BCUT2D eigenvalue weighted by Crippen LogP contribution is -2.25. The van der Waals surface area contributed by atoms with E-state index >= 15 is 0 Å². The van der Waals surface area contributed by atoms with Crippen LogP contribution >= 0.6 is 15.9 Å². The van der Waals surface area contributed by atoms with Crippen LogP contribution in [0.5, 0.6) is 0 Å². The van der Waals surface area contributed by atoms with Crippen molar-refractivity contribution in [3.05, 3.63) is 33.8 Å². The van der Waals surface area contributed by atoms with E-state index < -0.39 is 0 Å². The van der Waals surface area contributed by atoms with Crippen LogP contribution in [0.15, 0.2) is 22.7 Å². The highest BCUT2D eigenvalue weighted by Gasteiger charge is 2.06. The molecule has 0 heterocycles. The maximum Gasteiger partial charge on any atom is 0.0236 e. The van der Waals surface area contributed by atoms with Gasteiger partial charge in [0.05, 0.1) is 0 Å². The first-order chi connectivity index (χ1) is 6.50. The number of aryl methyl sites for hydroxylation is 1. The minimum absolute atomic E-state index is 0.591. The van der Waals surface area contributed by atoms with Crippen LogP contribution in [-0.2, 0) is 6.54 Å². The molecule has 0 atom stereocenters. The van der Waals surface area contributed by atoms with E-state index in [2.05, 4.69) is 66.8 Å². The van der Waals surface area contributed by atoms with Crippen molar-refractivity contribution in [3.8, 4) is 0 Å². The maximum absolute atomic E-state index is 3.50. The van der Waals surface area contributed by atoms with E-state index in [-0.39, 0.29) is 0 Å². The van der Waals surface area contributed by atoms with Crippen LogP contribution in [-0.4, -0.2) is 18.0 Å². The smallest absolute Gasteiger partial charge is 0.0236 e. The Morgan fingerprint density at radius 3 is 2.57 bits per heavy atom. The Kier molecular flexibility index (Phi) is 4.14. The molecule has 0 spiro atoms. The normalized spacial score (nSPS) is 11.4. The number of rotatable bonds is 3. The molecule has 0 saturated heterocycles. The van der Waals surface area contributed by atoms with E-state index in [1.54, 1.807) is 0 Å². The van der Waals surface area contributed by atoms with Gasteiger partial charge in [-0.05, 0) is 51.1 Å². The fourth-order valence-corrected chi connectivity index (χ4v) is 1.67. The Bertz CT molecular complexity index is 307. The summed E-state index contributed by atoms with van der Waals surface area (Å²) in [6.45, 7) is 7.61. The number of hydrogen-bond donors (Lipinski definition) is 0. The van der Waals surface area contributed by atoms with Crippen molar-refractivity contribution in [2.75, 3.05) is 7.05 Å². The zero-order valence-electron chi connectivity index (χ0n) is 9.34. The molecule has 0 radical (unpaired) electrons. The van der Waals surface area contributed by atoms with Gasteiger partial charge in [-0.1, -0.05) is 22.0 Å². The van der Waals surface area contributed by atoms with Gasteiger partial charge in [0.25, 0.3) is 0 Å². The van der Waals surface area contributed by atoms with Gasteiger partial charge in [0, 0.05) is 17.1 Å². The average molecular weight is 256 g/mol. The second-order valence-electron chi connectivity index (χ2n) is 4.08. The first-order valence-corrected chi connectivity index (χ1v) is 5.75. The van der Waals surface area contributed by atoms with Gasteiger partial charge in [0.1, 0.15) is 0 Å².